The number of para-hydroxylation sites is 1. The number of rotatable bonds is 3. The quantitative estimate of drug-likeness (QED) is 0.458. The lowest BCUT2D eigenvalue weighted by Crippen LogP contribution is -2.37. The molecule has 0 spiro atoms. The van der Waals surface area contributed by atoms with E-state index in [9.17, 15) is 14.0 Å². The predicted octanol–water partition coefficient (Wildman–Crippen LogP) is 5.29. The summed E-state index contributed by atoms with van der Waals surface area (Å²) in [5.74, 6) is -2.02. The van der Waals surface area contributed by atoms with Crippen LogP contribution in [0.3, 0.4) is 0 Å². The summed E-state index contributed by atoms with van der Waals surface area (Å²) in [6.07, 6.45) is -0.989. The fourth-order valence-electron chi connectivity index (χ4n) is 4.09. The Morgan fingerprint density at radius 1 is 0.903 bits per heavy atom. The maximum Gasteiger partial charge on any atom is 0.266 e. The molecule has 8 heteroatoms. The first-order valence-corrected chi connectivity index (χ1v) is 10.7. The highest BCUT2D eigenvalue weighted by Crippen LogP contribution is 2.48. The molecule has 2 heterocycles. The van der Waals surface area contributed by atoms with Crippen molar-refractivity contribution in [2.24, 2.45) is 5.92 Å². The van der Waals surface area contributed by atoms with Crippen LogP contribution in [0.2, 0.25) is 5.02 Å². The average molecular weight is 502 g/mol. The van der Waals surface area contributed by atoms with Gasteiger partial charge in [-0.05, 0) is 70.0 Å². The summed E-state index contributed by atoms with van der Waals surface area (Å²) in [5, 5.41) is 2.08. The van der Waals surface area contributed by atoms with E-state index in [0.717, 1.165) is 4.90 Å². The molecule has 5 rings (SSSR count). The van der Waals surface area contributed by atoms with Crippen LogP contribution >= 0.6 is 27.5 Å². The number of carbonyl (C=O) groups is 2. The summed E-state index contributed by atoms with van der Waals surface area (Å²) in [5.41, 5.74) is 1.78. The molecular formula is C23H15BrClFN2O3. The fraction of sp³-hybridized carbons (Fsp3) is 0.130. The monoisotopic (exact) mass is 500 g/mol. The number of hydrogen-bond donors (Lipinski definition) is 0. The third-order valence-corrected chi connectivity index (χ3v) is 6.36. The van der Waals surface area contributed by atoms with E-state index in [2.05, 4.69) is 15.9 Å². The molecule has 0 N–H and O–H groups in total. The Morgan fingerprint density at radius 2 is 1.61 bits per heavy atom. The topological polar surface area (TPSA) is 49.9 Å². The van der Waals surface area contributed by atoms with Gasteiger partial charge in [-0.15, -0.1) is 0 Å². The standard InChI is InChI=1S/C23H15BrClFN2O3/c24-17-12-13(6-11-18(17)26)20-19-21(31-28(20)16-4-2-1-3-5-16)23(30)27(22(19)29)15-9-7-14(25)8-10-15/h1-12,19-21H/t19-,20+,21+/m0/s1. The van der Waals surface area contributed by atoms with Gasteiger partial charge in [-0.25, -0.2) is 14.4 Å². The third-order valence-electron chi connectivity index (χ3n) is 5.50. The van der Waals surface area contributed by atoms with Crippen molar-refractivity contribution in [3.8, 4) is 0 Å². The number of hydrogen-bond acceptors (Lipinski definition) is 4. The van der Waals surface area contributed by atoms with Crippen molar-refractivity contribution in [2.75, 3.05) is 9.96 Å². The van der Waals surface area contributed by atoms with Gasteiger partial charge in [0, 0.05) is 5.02 Å². The van der Waals surface area contributed by atoms with Gasteiger partial charge in [-0.2, -0.15) is 0 Å². The molecule has 0 radical (unpaired) electrons. The molecule has 5 nitrogen and oxygen atoms in total. The molecule has 0 unspecified atom stereocenters. The van der Waals surface area contributed by atoms with E-state index >= 15 is 0 Å². The minimum absolute atomic E-state index is 0.271. The average Bonchev–Trinajstić information content (AvgIpc) is 3.28. The van der Waals surface area contributed by atoms with Crippen LogP contribution in [0.5, 0.6) is 0 Å². The van der Waals surface area contributed by atoms with Gasteiger partial charge < -0.3 is 0 Å². The highest BCUT2D eigenvalue weighted by molar-refractivity contribution is 9.10. The summed E-state index contributed by atoms with van der Waals surface area (Å²) in [4.78, 5) is 33.9. The zero-order valence-electron chi connectivity index (χ0n) is 15.9. The van der Waals surface area contributed by atoms with Crippen LogP contribution in [0.15, 0.2) is 77.3 Å². The molecule has 2 amide bonds. The van der Waals surface area contributed by atoms with Gasteiger partial charge in [0.2, 0.25) is 5.91 Å². The first kappa shape index (κ1) is 20.2. The predicted molar refractivity (Wildman–Crippen MR) is 118 cm³/mol. The maximum absolute atomic E-state index is 13.9. The van der Waals surface area contributed by atoms with Gasteiger partial charge >= 0.3 is 0 Å². The summed E-state index contributed by atoms with van der Waals surface area (Å²) >= 11 is 9.16. The summed E-state index contributed by atoms with van der Waals surface area (Å²) < 4.78 is 14.2. The number of imide groups is 1. The second-order valence-corrected chi connectivity index (χ2v) is 8.61. The van der Waals surface area contributed by atoms with E-state index in [-0.39, 0.29) is 10.4 Å². The van der Waals surface area contributed by atoms with E-state index in [1.54, 1.807) is 41.5 Å². The van der Waals surface area contributed by atoms with Crippen molar-refractivity contribution in [1.29, 1.82) is 0 Å². The van der Waals surface area contributed by atoms with Crippen LogP contribution in [0.1, 0.15) is 11.6 Å². The van der Waals surface area contributed by atoms with Crippen molar-refractivity contribution in [2.45, 2.75) is 12.1 Å². The first-order chi connectivity index (χ1) is 15.0. The Balaban J connectivity index is 1.60. The van der Waals surface area contributed by atoms with E-state index in [1.165, 1.54) is 6.07 Å². The van der Waals surface area contributed by atoms with Crippen molar-refractivity contribution in [3.63, 3.8) is 0 Å². The smallest absolute Gasteiger partial charge is 0.266 e. The van der Waals surface area contributed by atoms with Gasteiger partial charge in [-0.3, -0.25) is 14.4 Å². The Labute approximate surface area is 191 Å². The van der Waals surface area contributed by atoms with Gasteiger partial charge in [-0.1, -0.05) is 35.9 Å². The second-order valence-electron chi connectivity index (χ2n) is 7.32. The molecule has 3 atom stereocenters. The normalized spacial score (nSPS) is 22.9. The zero-order chi connectivity index (χ0) is 21.7. The largest absolute Gasteiger partial charge is 0.273 e. The molecule has 31 heavy (non-hydrogen) atoms. The van der Waals surface area contributed by atoms with Crippen LogP contribution in [0.25, 0.3) is 0 Å². The lowest BCUT2D eigenvalue weighted by atomic mass is 9.90. The number of benzene rings is 3. The van der Waals surface area contributed by atoms with E-state index < -0.39 is 29.8 Å². The van der Waals surface area contributed by atoms with Gasteiger partial charge in [0.1, 0.15) is 11.7 Å². The van der Waals surface area contributed by atoms with Crippen molar-refractivity contribution >= 4 is 50.7 Å². The fourth-order valence-corrected chi connectivity index (χ4v) is 4.62. The molecule has 3 aromatic rings. The van der Waals surface area contributed by atoms with Gasteiger partial charge in [0.15, 0.2) is 6.10 Å². The maximum atomic E-state index is 13.9. The molecule has 156 valence electrons. The number of carbonyl (C=O) groups excluding carboxylic acids is 2. The number of hydroxylamine groups is 1. The molecule has 3 aromatic carbocycles. The molecule has 2 saturated heterocycles. The molecule has 2 fully saturated rings. The molecule has 2 aliphatic rings. The Bertz CT molecular complexity index is 1180. The number of fused-ring (bicyclic) bond motifs is 1. The molecule has 0 aliphatic carbocycles. The zero-order valence-corrected chi connectivity index (χ0v) is 18.3. The van der Waals surface area contributed by atoms with Crippen LogP contribution in [0.4, 0.5) is 15.8 Å². The lowest BCUT2D eigenvalue weighted by molar-refractivity contribution is -0.126. The minimum Gasteiger partial charge on any atom is -0.273 e. The highest BCUT2D eigenvalue weighted by atomic mass is 79.9. The molecule has 2 aliphatic heterocycles. The van der Waals surface area contributed by atoms with Crippen molar-refractivity contribution in [1.82, 2.24) is 0 Å². The van der Waals surface area contributed by atoms with E-state index in [0.29, 0.717) is 22.0 Å². The van der Waals surface area contributed by atoms with Crippen LogP contribution < -0.4 is 9.96 Å². The van der Waals surface area contributed by atoms with E-state index in [4.69, 9.17) is 16.4 Å². The Hall–Kier alpha value is -2.74. The van der Waals surface area contributed by atoms with Crippen LogP contribution in [-0.2, 0) is 14.4 Å². The lowest BCUT2D eigenvalue weighted by Gasteiger charge is -2.29. The van der Waals surface area contributed by atoms with Crippen molar-refractivity contribution < 1.29 is 18.8 Å². The number of amides is 2. The number of anilines is 2. The van der Waals surface area contributed by atoms with E-state index in [1.807, 2.05) is 30.3 Å². The molecule has 0 saturated carbocycles. The van der Waals surface area contributed by atoms with Gasteiger partial charge in [0.05, 0.1) is 21.9 Å². The molecular weight excluding hydrogens is 487 g/mol. The summed E-state index contributed by atoms with van der Waals surface area (Å²) in [6, 6.07) is 19.6. The van der Waals surface area contributed by atoms with Crippen LogP contribution in [-0.4, -0.2) is 17.9 Å². The Kier molecular flexibility index (Phi) is 5.04. The molecule has 0 bridgehead atoms. The number of nitrogens with zero attached hydrogens (tertiary/aromatic N) is 2. The SMILES string of the molecule is O=C1[C@H]2[C@@H](c3ccc(F)c(Br)c3)N(c3ccccc3)O[C@H]2C(=O)N1c1ccc(Cl)cc1. The second kappa shape index (κ2) is 7.75. The summed E-state index contributed by atoms with van der Waals surface area (Å²) in [6.45, 7) is 0. The summed E-state index contributed by atoms with van der Waals surface area (Å²) in [7, 11) is 0. The third kappa shape index (κ3) is 3.33. The first-order valence-electron chi connectivity index (χ1n) is 9.55. The number of halogens is 3. The molecule has 0 aromatic heterocycles. The van der Waals surface area contributed by atoms with Gasteiger partial charge in [0.25, 0.3) is 5.91 Å². The Morgan fingerprint density at radius 3 is 2.29 bits per heavy atom. The van der Waals surface area contributed by atoms with Crippen molar-refractivity contribution in [3.05, 3.63) is 93.7 Å². The van der Waals surface area contributed by atoms with Crippen LogP contribution in [0, 0.1) is 11.7 Å². The minimum atomic E-state index is -0.989. The highest BCUT2D eigenvalue weighted by Gasteiger charge is 2.60.